The van der Waals surface area contributed by atoms with Crippen LogP contribution >= 0.6 is 11.8 Å². The van der Waals surface area contributed by atoms with Crippen LogP contribution in [0.25, 0.3) is 0 Å². The first-order valence-electron chi connectivity index (χ1n) is 9.46. The van der Waals surface area contributed by atoms with Gasteiger partial charge in [0.05, 0.1) is 0 Å². The van der Waals surface area contributed by atoms with E-state index in [2.05, 4.69) is 24.2 Å². The number of amides is 1. The number of hydrogen-bond donors (Lipinski definition) is 1. The van der Waals surface area contributed by atoms with Crippen molar-refractivity contribution in [3.05, 3.63) is 12.2 Å². The van der Waals surface area contributed by atoms with Gasteiger partial charge in [0.1, 0.15) is 0 Å². The third-order valence-corrected chi connectivity index (χ3v) is 5.63. The van der Waals surface area contributed by atoms with Crippen LogP contribution in [0.4, 0.5) is 0 Å². The molecule has 1 N–H and O–H groups in total. The van der Waals surface area contributed by atoms with Crippen molar-refractivity contribution >= 4 is 17.7 Å². The molecule has 4 heteroatoms. The molecule has 0 bridgehead atoms. The summed E-state index contributed by atoms with van der Waals surface area (Å²) in [4.78, 5) is 14.2. The highest BCUT2D eigenvalue weighted by molar-refractivity contribution is 7.99. The number of rotatable bonds is 12. The number of carbonyl (C=O) groups excluding carboxylic acids is 1. The van der Waals surface area contributed by atoms with E-state index in [1.807, 2.05) is 17.8 Å². The van der Waals surface area contributed by atoms with Crippen molar-refractivity contribution < 1.29 is 4.79 Å². The zero-order valence-electron chi connectivity index (χ0n) is 15.2. The van der Waals surface area contributed by atoms with Crippen LogP contribution in [0.1, 0.15) is 64.7 Å². The highest BCUT2D eigenvalue weighted by Gasteiger charge is 2.18. The predicted octanol–water partition coefficient (Wildman–Crippen LogP) is 4.24. The van der Waals surface area contributed by atoms with Crippen LogP contribution in [-0.4, -0.2) is 48.5 Å². The molecule has 1 saturated heterocycles. The van der Waals surface area contributed by atoms with Crippen molar-refractivity contribution in [1.82, 2.24) is 10.2 Å². The molecule has 134 valence electrons. The standard InChI is InChI=1S/C19H36N2OS/c1-3-4-5-6-7-8-9-13-19(22)20-14-16-23-17-18-12-10-11-15-21(18)2/h9,13,18H,3-8,10-12,14-17H2,1-2H3,(H,20,22). The fourth-order valence-electron chi connectivity index (χ4n) is 2.94. The van der Waals surface area contributed by atoms with Crippen LogP contribution in [0.5, 0.6) is 0 Å². The van der Waals surface area contributed by atoms with Crippen molar-refractivity contribution in [2.75, 3.05) is 31.6 Å². The summed E-state index contributed by atoms with van der Waals surface area (Å²) in [5, 5.41) is 2.98. The molecule has 1 aliphatic rings. The molecule has 1 amide bonds. The maximum absolute atomic E-state index is 11.7. The Balaban J connectivity index is 1.93. The largest absolute Gasteiger partial charge is 0.352 e. The number of carbonyl (C=O) groups is 1. The normalized spacial score (nSPS) is 19.3. The summed E-state index contributed by atoms with van der Waals surface area (Å²) < 4.78 is 0. The zero-order chi connectivity index (χ0) is 16.8. The minimum atomic E-state index is 0.0638. The van der Waals surface area contributed by atoms with Gasteiger partial charge in [0.2, 0.25) is 5.91 Å². The summed E-state index contributed by atoms with van der Waals surface area (Å²) in [6, 6.07) is 0.733. The van der Waals surface area contributed by atoms with Gasteiger partial charge in [0.25, 0.3) is 0 Å². The molecule has 0 aromatic carbocycles. The highest BCUT2D eigenvalue weighted by Crippen LogP contribution is 2.18. The first kappa shape index (κ1) is 20.6. The Morgan fingerprint density at radius 1 is 1.26 bits per heavy atom. The molecule has 0 aromatic heterocycles. The third kappa shape index (κ3) is 10.8. The molecule has 0 aromatic rings. The minimum Gasteiger partial charge on any atom is -0.352 e. The zero-order valence-corrected chi connectivity index (χ0v) is 16.0. The molecular formula is C19H36N2OS. The number of piperidine rings is 1. The lowest BCUT2D eigenvalue weighted by Gasteiger charge is -2.32. The fourth-order valence-corrected chi connectivity index (χ4v) is 4.04. The van der Waals surface area contributed by atoms with Crippen molar-refractivity contribution in [1.29, 1.82) is 0 Å². The van der Waals surface area contributed by atoms with E-state index in [0.29, 0.717) is 0 Å². The van der Waals surface area contributed by atoms with E-state index < -0.39 is 0 Å². The summed E-state index contributed by atoms with van der Waals surface area (Å²) in [6.45, 7) is 4.25. The lowest BCUT2D eigenvalue weighted by Crippen LogP contribution is -2.38. The van der Waals surface area contributed by atoms with Gasteiger partial charge >= 0.3 is 0 Å². The van der Waals surface area contributed by atoms with Crippen molar-refractivity contribution in [2.45, 2.75) is 70.8 Å². The molecule has 1 aliphatic heterocycles. The maximum atomic E-state index is 11.7. The summed E-state index contributed by atoms with van der Waals surface area (Å²) in [7, 11) is 2.24. The van der Waals surface area contributed by atoms with Crippen LogP contribution in [0.3, 0.4) is 0 Å². The SMILES string of the molecule is CCCCCCCC=CC(=O)NCCSCC1CCCCN1C. The lowest BCUT2D eigenvalue weighted by atomic mass is 10.1. The second-order valence-corrected chi connectivity index (χ2v) is 7.75. The van der Waals surface area contributed by atoms with Gasteiger partial charge in [-0.15, -0.1) is 0 Å². The minimum absolute atomic E-state index is 0.0638. The fraction of sp³-hybridized carbons (Fsp3) is 0.842. The Morgan fingerprint density at radius 3 is 2.87 bits per heavy atom. The van der Waals surface area contributed by atoms with E-state index in [0.717, 1.165) is 24.8 Å². The Kier molecular flexibility index (Phi) is 12.4. The van der Waals surface area contributed by atoms with Gasteiger partial charge < -0.3 is 10.2 Å². The van der Waals surface area contributed by atoms with E-state index in [-0.39, 0.29) is 5.91 Å². The molecular weight excluding hydrogens is 304 g/mol. The summed E-state index contributed by atoms with van der Waals surface area (Å²) in [5.74, 6) is 2.27. The topological polar surface area (TPSA) is 32.3 Å². The number of hydrogen-bond acceptors (Lipinski definition) is 3. The Morgan fingerprint density at radius 2 is 2.09 bits per heavy atom. The van der Waals surface area contributed by atoms with Crippen molar-refractivity contribution in [2.24, 2.45) is 0 Å². The predicted molar refractivity (Wildman–Crippen MR) is 103 cm³/mol. The Bertz CT molecular complexity index is 333. The third-order valence-electron chi connectivity index (χ3n) is 4.52. The summed E-state index contributed by atoms with van der Waals surface area (Å²) in [5.41, 5.74) is 0. The van der Waals surface area contributed by atoms with Gasteiger partial charge in [0, 0.05) is 24.1 Å². The molecule has 1 unspecified atom stereocenters. The summed E-state index contributed by atoms with van der Waals surface area (Å²) >= 11 is 1.96. The molecule has 0 aliphatic carbocycles. The van der Waals surface area contributed by atoms with E-state index in [4.69, 9.17) is 0 Å². The number of nitrogens with one attached hydrogen (secondary N) is 1. The molecule has 0 spiro atoms. The number of likely N-dealkylation sites (tertiary alicyclic amines) is 1. The van der Waals surface area contributed by atoms with Crippen molar-refractivity contribution in [3.63, 3.8) is 0 Å². The molecule has 0 radical (unpaired) electrons. The van der Waals surface area contributed by atoms with Crippen LogP contribution in [0, 0.1) is 0 Å². The van der Waals surface area contributed by atoms with Gasteiger partial charge in [-0.1, -0.05) is 45.1 Å². The average molecular weight is 341 g/mol. The van der Waals surface area contributed by atoms with Crippen molar-refractivity contribution in [3.8, 4) is 0 Å². The molecule has 1 atom stereocenters. The van der Waals surface area contributed by atoms with Gasteiger partial charge in [-0.2, -0.15) is 11.8 Å². The number of allylic oxidation sites excluding steroid dienone is 1. The monoisotopic (exact) mass is 340 g/mol. The van der Waals surface area contributed by atoms with E-state index in [1.165, 1.54) is 63.7 Å². The van der Waals surface area contributed by atoms with Crippen LogP contribution in [-0.2, 0) is 4.79 Å². The van der Waals surface area contributed by atoms with E-state index in [1.54, 1.807) is 6.08 Å². The first-order valence-corrected chi connectivity index (χ1v) is 10.6. The molecule has 0 saturated carbocycles. The second-order valence-electron chi connectivity index (χ2n) is 6.60. The average Bonchev–Trinajstić information content (AvgIpc) is 2.55. The van der Waals surface area contributed by atoms with Gasteiger partial charge in [-0.3, -0.25) is 4.79 Å². The van der Waals surface area contributed by atoms with E-state index >= 15 is 0 Å². The Hall–Kier alpha value is -0.480. The summed E-state index contributed by atoms with van der Waals surface area (Å²) in [6.07, 6.45) is 15.2. The highest BCUT2D eigenvalue weighted by atomic mass is 32.2. The van der Waals surface area contributed by atoms with Crippen LogP contribution in [0.15, 0.2) is 12.2 Å². The molecule has 1 fully saturated rings. The Labute approximate surface area is 147 Å². The molecule has 3 nitrogen and oxygen atoms in total. The van der Waals surface area contributed by atoms with Crippen LogP contribution in [0.2, 0.25) is 0 Å². The van der Waals surface area contributed by atoms with Gasteiger partial charge in [-0.25, -0.2) is 0 Å². The van der Waals surface area contributed by atoms with E-state index in [9.17, 15) is 4.79 Å². The second kappa shape index (κ2) is 13.9. The molecule has 23 heavy (non-hydrogen) atoms. The van der Waals surface area contributed by atoms with Gasteiger partial charge in [0.15, 0.2) is 0 Å². The number of thioether (sulfide) groups is 1. The molecule has 1 rings (SSSR count). The van der Waals surface area contributed by atoms with Crippen LogP contribution < -0.4 is 5.32 Å². The smallest absolute Gasteiger partial charge is 0.243 e. The number of unbranched alkanes of at least 4 members (excludes halogenated alkanes) is 5. The number of nitrogens with zero attached hydrogens (tertiary/aromatic N) is 1. The van der Waals surface area contributed by atoms with Gasteiger partial charge in [-0.05, 0) is 45.4 Å². The molecule has 1 heterocycles. The maximum Gasteiger partial charge on any atom is 0.243 e. The quantitative estimate of drug-likeness (QED) is 0.426. The lowest BCUT2D eigenvalue weighted by molar-refractivity contribution is -0.116. The first-order chi connectivity index (χ1) is 11.2.